The summed E-state index contributed by atoms with van der Waals surface area (Å²) in [6, 6.07) is 8.05. The lowest BCUT2D eigenvalue weighted by molar-refractivity contribution is -0.125. The Balaban J connectivity index is 1.52. The van der Waals surface area contributed by atoms with E-state index in [0.717, 1.165) is 54.7 Å². The summed E-state index contributed by atoms with van der Waals surface area (Å²) in [6.07, 6.45) is 2.40. The van der Waals surface area contributed by atoms with Gasteiger partial charge in [0.1, 0.15) is 5.82 Å². The molecule has 0 radical (unpaired) electrons. The van der Waals surface area contributed by atoms with Crippen LogP contribution in [-0.4, -0.2) is 38.8 Å². The van der Waals surface area contributed by atoms with Crippen molar-refractivity contribution in [3.63, 3.8) is 0 Å². The minimum absolute atomic E-state index is 0.0786. The molecule has 1 saturated carbocycles. The van der Waals surface area contributed by atoms with Crippen molar-refractivity contribution in [2.45, 2.75) is 58.7 Å². The van der Waals surface area contributed by atoms with Crippen LogP contribution in [-0.2, 0) is 11.3 Å². The van der Waals surface area contributed by atoms with Crippen LogP contribution in [0.2, 0.25) is 0 Å². The summed E-state index contributed by atoms with van der Waals surface area (Å²) < 4.78 is 1.93. The molecule has 1 unspecified atom stereocenters. The Hall–Kier alpha value is -2.82. The topological polar surface area (TPSA) is 110 Å². The molecule has 0 bridgehead atoms. The number of aliphatic hydroxyl groups excluding tert-OH is 1. The largest absolute Gasteiger partial charge is 0.388 e. The summed E-state index contributed by atoms with van der Waals surface area (Å²) in [5.41, 5.74) is 16.2. The predicted molar refractivity (Wildman–Crippen MR) is 125 cm³/mol. The standard InChI is InChI=1S/C25H33N5O2/c1-4-5-21(31)29-11-10-25(15-29)12-19(13-25)30-24(27)20(14-26)22(28-30)17-6-8-18(9-7-17)23(32)16(2)3/h6-9,16,19,23,32H,10-15,26-27H2,1-3H3. The van der Waals surface area contributed by atoms with E-state index < -0.39 is 6.10 Å². The molecule has 32 heavy (non-hydrogen) atoms. The number of nitrogens with zero attached hydrogens (tertiary/aromatic N) is 3. The number of rotatable bonds is 5. The number of carbonyl (C=O) groups excluding carboxylic acids is 1. The van der Waals surface area contributed by atoms with Gasteiger partial charge in [0.25, 0.3) is 5.91 Å². The third-order valence-corrected chi connectivity index (χ3v) is 7.05. The van der Waals surface area contributed by atoms with Gasteiger partial charge in [-0.25, -0.2) is 4.68 Å². The maximum absolute atomic E-state index is 12.1. The van der Waals surface area contributed by atoms with E-state index in [1.165, 1.54) is 0 Å². The number of aliphatic hydroxyl groups is 1. The Labute approximate surface area is 189 Å². The quantitative estimate of drug-likeness (QED) is 0.626. The van der Waals surface area contributed by atoms with Gasteiger partial charge in [-0.15, -0.1) is 0 Å². The molecule has 1 aliphatic carbocycles. The first-order valence-electron chi connectivity index (χ1n) is 11.4. The lowest BCUT2D eigenvalue weighted by Crippen LogP contribution is -2.42. The molecule has 2 aliphatic rings. The number of nitrogen functional groups attached to an aromatic ring is 1. The average molecular weight is 436 g/mol. The van der Waals surface area contributed by atoms with Crippen LogP contribution in [0, 0.1) is 23.2 Å². The molecule has 1 atom stereocenters. The highest BCUT2D eigenvalue weighted by molar-refractivity contribution is 5.93. The Morgan fingerprint density at radius 1 is 1.31 bits per heavy atom. The van der Waals surface area contributed by atoms with Gasteiger partial charge in [-0.05, 0) is 49.0 Å². The molecule has 4 rings (SSSR count). The van der Waals surface area contributed by atoms with Crippen molar-refractivity contribution in [2.24, 2.45) is 17.1 Å². The number of hydrogen-bond donors (Lipinski definition) is 3. The first kappa shape index (κ1) is 22.4. The smallest absolute Gasteiger partial charge is 0.298 e. The van der Waals surface area contributed by atoms with Crippen molar-refractivity contribution >= 4 is 11.7 Å². The third-order valence-electron chi connectivity index (χ3n) is 7.05. The number of likely N-dealkylation sites (tertiary alicyclic amines) is 1. The first-order valence-corrected chi connectivity index (χ1v) is 11.4. The molecule has 7 nitrogen and oxygen atoms in total. The van der Waals surface area contributed by atoms with Crippen molar-refractivity contribution in [1.29, 1.82) is 0 Å². The molecular weight excluding hydrogens is 402 g/mol. The Bertz CT molecular complexity index is 1050. The first-order chi connectivity index (χ1) is 15.3. The van der Waals surface area contributed by atoms with Crippen LogP contribution in [0.25, 0.3) is 11.3 Å². The Morgan fingerprint density at radius 2 is 2.00 bits per heavy atom. The van der Waals surface area contributed by atoms with Crippen LogP contribution in [0.5, 0.6) is 0 Å². The van der Waals surface area contributed by atoms with E-state index in [2.05, 4.69) is 11.8 Å². The van der Waals surface area contributed by atoms with Crippen molar-refractivity contribution in [2.75, 3.05) is 18.8 Å². The molecule has 2 fully saturated rings. The molecule has 170 valence electrons. The summed E-state index contributed by atoms with van der Waals surface area (Å²) in [5, 5.41) is 15.2. The van der Waals surface area contributed by atoms with E-state index in [4.69, 9.17) is 16.6 Å². The monoisotopic (exact) mass is 435 g/mol. The summed E-state index contributed by atoms with van der Waals surface area (Å²) in [7, 11) is 0. The van der Waals surface area contributed by atoms with Crippen molar-refractivity contribution in [3.05, 3.63) is 35.4 Å². The van der Waals surface area contributed by atoms with E-state index in [0.29, 0.717) is 12.4 Å². The van der Waals surface area contributed by atoms with Crippen LogP contribution in [0.4, 0.5) is 5.82 Å². The Kier molecular flexibility index (Phi) is 6.02. The fourth-order valence-electron chi connectivity index (χ4n) is 5.16. The van der Waals surface area contributed by atoms with E-state index in [1.807, 2.05) is 47.7 Å². The van der Waals surface area contributed by atoms with Crippen LogP contribution in [0.3, 0.4) is 0 Å². The van der Waals surface area contributed by atoms with Gasteiger partial charge in [-0.2, -0.15) is 5.10 Å². The highest BCUT2D eigenvalue weighted by Crippen LogP contribution is 2.54. The van der Waals surface area contributed by atoms with Gasteiger partial charge in [0.2, 0.25) is 0 Å². The van der Waals surface area contributed by atoms with E-state index in [-0.39, 0.29) is 23.3 Å². The number of benzene rings is 1. The van der Waals surface area contributed by atoms with Gasteiger partial charge in [0.15, 0.2) is 0 Å². The number of carbonyl (C=O) groups is 1. The molecule has 1 aromatic heterocycles. The van der Waals surface area contributed by atoms with Crippen LogP contribution in [0.15, 0.2) is 24.3 Å². The van der Waals surface area contributed by atoms with E-state index in [1.54, 1.807) is 6.92 Å². The minimum atomic E-state index is -0.493. The zero-order valence-electron chi connectivity index (χ0n) is 19.1. The molecule has 1 saturated heterocycles. The maximum atomic E-state index is 12.1. The van der Waals surface area contributed by atoms with E-state index >= 15 is 0 Å². The third kappa shape index (κ3) is 3.89. The second-order valence-electron chi connectivity index (χ2n) is 9.59. The van der Waals surface area contributed by atoms with Gasteiger partial charge >= 0.3 is 0 Å². The molecule has 1 spiro atoms. The molecule has 2 aromatic rings. The summed E-state index contributed by atoms with van der Waals surface area (Å²) >= 11 is 0. The van der Waals surface area contributed by atoms with Crippen LogP contribution in [0.1, 0.15) is 63.3 Å². The molecule has 1 aromatic carbocycles. The predicted octanol–water partition coefficient (Wildman–Crippen LogP) is 2.86. The van der Waals surface area contributed by atoms with Crippen LogP contribution < -0.4 is 11.5 Å². The average Bonchev–Trinajstić information content (AvgIpc) is 3.34. The molecule has 1 aliphatic heterocycles. The second kappa shape index (κ2) is 8.61. The fraction of sp³-hybridized carbons (Fsp3) is 0.520. The van der Waals surface area contributed by atoms with Gasteiger partial charge in [0, 0.05) is 30.8 Å². The Morgan fingerprint density at radius 3 is 2.59 bits per heavy atom. The summed E-state index contributed by atoms with van der Waals surface area (Å²) in [6.45, 7) is 7.52. The molecular formula is C25H33N5O2. The SMILES string of the molecule is CC#CC(=O)N1CCC2(CC(n3nc(-c4ccc(C(O)C(C)C)cc4)c(CN)c3N)C2)C1. The number of aromatic nitrogens is 2. The van der Waals surface area contributed by atoms with E-state index in [9.17, 15) is 9.90 Å². The van der Waals surface area contributed by atoms with Gasteiger partial charge in [-0.3, -0.25) is 4.79 Å². The fourth-order valence-corrected chi connectivity index (χ4v) is 5.16. The highest BCUT2D eigenvalue weighted by Gasteiger charge is 2.50. The number of hydrogen-bond acceptors (Lipinski definition) is 5. The van der Waals surface area contributed by atoms with Gasteiger partial charge in [-0.1, -0.05) is 44.0 Å². The summed E-state index contributed by atoms with van der Waals surface area (Å²) in [5.74, 6) is 6.04. The lowest BCUT2D eigenvalue weighted by Gasteiger charge is -2.45. The van der Waals surface area contributed by atoms with Crippen molar-refractivity contribution in [3.8, 4) is 23.1 Å². The normalized spacial score (nSPS) is 23.2. The lowest BCUT2D eigenvalue weighted by atomic mass is 9.65. The molecule has 5 N–H and O–H groups in total. The van der Waals surface area contributed by atoms with Gasteiger partial charge in [0.05, 0.1) is 17.8 Å². The second-order valence-corrected chi connectivity index (χ2v) is 9.59. The van der Waals surface area contributed by atoms with Gasteiger partial charge < -0.3 is 21.5 Å². The number of nitrogens with two attached hydrogens (primary N) is 2. The number of anilines is 1. The minimum Gasteiger partial charge on any atom is -0.388 e. The van der Waals surface area contributed by atoms with Crippen LogP contribution >= 0.6 is 0 Å². The van der Waals surface area contributed by atoms with Crippen molar-refractivity contribution in [1.82, 2.24) is 14.7 Å². The molecule has 1 amide bonds. The molecule has 2 heterocycles. The summed E-state index contributed by atoms with van der Waals surface area (Å²) in [4.78, 5) is 14.0. The van der Waals surface area contributed by atoms with Crippen molar-refractivity contribution < 1.29 is 9.90 Å². The highest BCUT2D eigenvalue weighted by atomic mass is 16.3. The zero-order valence-corrected chi connectivity index (χ0v) is 19.1. The maximum Gasteiger partial charge on any atom is 0.298 e. The molecule has 7 heteroatoms. The zero-order chi connectivity index (χ0) is 23.0. The number of amides is 1.